The molecule has 0 nitrogen and oxygen atoms in total. The Hall–Kier alpha value is 1.06. The van der Waals surface area contributed by atoms with Gasteiger partial charge in [0, 0.05) is 28.1 Å². The average molecular weight is 245 g/mol. The van der Waals surface area contributed by atoms with Crippen molar-refractivity contribution in [2.75, 3.05) is 0 Å². The molecule has 0 aromatic heterocycles. The number of hydrogen-bond acceptors (Lipinski definition) is 0. The average Bonchev–Trinajstić information content (AvgIpc) is 2.12. The molecule has 0 amide bonds. The molecule has 1 aliphatic rings. The van der Waals surface area contributed by atoms with E-state index in [1.165, 1.54) is 0 Å². The SMILES string of the molecule is ClC(Cl)(Cl)CC1C=CC=C1.[Ti]. The molecule has 4 heteroatoms. The van der Waals surface area contributed by atoms with E-state index in [-0.39, 0.29) is 21.7 Å². The van der Waals surface area contributed by atoms with Crippen LogP contribution in [0.5, 0.6) is 0 Å². The number of hydrogen-bond donors (Lipinski definition) is 0. The first kappa shape index (κ1) is 12.1. The molecule has 0 spiro atoms. The maximum Gasteiger partial charge on any atom is 0.191 e. The van der Waals surface area contributed by atoms with Gasteiger partial charge in [0.25, 0.3) is 0 Å². The molecule has 11 heavy (non-hydrogen) atoms. The second kappa shape index (κ2) is 4.94. The Morgan fingerprint density at radius 2 is 1.55 bits per heavy atom. The number of rotatable bonds is 1. The normalized spacial score (nSPS) is 17.0. The van der Waals surface area contributed by atoms with Gasteiger partial charge >= 0.3 is 0 Å². The van der Waals surface area contributed by atoms with Crippen molar-refractivity contribution in [2.24, 2.45) is 5.92 Å². The molecule has 1 aliphatic carbocycles. The van der Waals surface area contributed by atoms with Crippen LogP contribution in [-0.4, -0.2) is 3.79 Å². The minimum Gasteiger partial charge on any atom is -0.0837 e. The second-order valence-corrected chi connectivity index (χ2v) is 4.77. The van der Waals surface area contributed by atoms with E-state index in [0.29, 0.717) is 12.3 Å². The molecule has 0 bridgehead atoms. The molecule has 0 radical (unpaired) electrons. The van der Waals surface area contributed by atoms with Gasteiger partial charge in [0.2, 0.25) is 0 Å². The van der Waals surface area contributed by atoms with Crippen molar-refractivity contribution < 1.29 is 21.7 Å². The van der Waals surface area contributed by atoms with Gasteiger partial charge in [-0.25, -0.2) is 0 Å². The van der Waals surface area contributed by atoms with E-state index in [1.54, 1.807) is 0 Å². The smallest absolute Gasteiger partial charge is 0.0837 e. The number of allylic oxidation sites excluding steroid dienone is 4. The first-order chi connectivity index (χ1) is 4.58. The van der Waals surface area contributed by atoms with Gasteiger partial charge in [-0.15, -0.1) is 0 Å². The van der Waals surface area contributed by atoms with Crippen molar-refractivity contribution in [3.8, 4) is 0 Å². The van der Waals surface area contributed by atoms with Crippen LogP contribution in [0.2, 0.25) is 0 Å². The van der Waals surface area contributed by atoms with E-state index in [2.05, 4.69) is 0 Å². The van der Waals surface area contributed by atoms with Crippen LogP contribution in [0.3, 0.4) is 0 Å². The van der Waals surface area contributed by atoms with Gasteiger partial charge < -0.3 is 0 Å². The van der Waals surface area contributed by atoms with E-state index in [0.717, 1.165) is 0 Å². The van der Waals surface area contributed by atoms with Gasteiger partial charge in [0.15, 0.2) is 3.79 Å². The van der Waals surface area contributed by atoms with Gasteiger partial charge in [-0.05, 0) is 5.92 Å². The van der Waals surface area contributed by atoms with Crippen LogP contribution in [-0.2, 0) is 21.7 Å². The topological polar surface area (TPSA) is 0 Å². The molecule has 0 aromatic carbocycles. The van der Waals surface area contributed by atoms with E-state index >= 15 is 0 Å². The fourth-order valence-electron chi connectivity index (χ4n) is 0.881. The van der Waals surface area contributed by atoms with Crippen LogP contribution in [0, 0.1) is 5.92 Å². The third kappa shape index (κ3) is 5.33. The third-order valence-corrected chi connectivity index (χ3v) is 1.76. The molecule has 60 valence electrons. The maximum absolute atomic E-state index is 5.58. The van der Waals surface area contributed by atoms with Crippen molar-refractivity contribution in [2.45, 2.75) is 10.2 Å². The van der Waals surface area contributed by atoms with Crippen LogP contribution < -0.4 is 0 Å². The zero-order chi connectivity index (χ0) is 7.61. The van der Waals surface area contributed by atoms with Crippen LogP contribution in [0.4, 0.5) is 0 Å². The number of halogens is 3. The first-order valence-electron chi connectivity index (χ1n) is 3.00. The van der Waals surface area contributed by atoms with Crippen molar-refractivity contribution >= 4 is 34.8 Å². The van der Waals surface area contributed by atoms with Gasteiger partial charge in [-0.2, -0.15) is 0 Å². The van der Waals surface area contributed by atoms with Gasteiger partial charge in [-0.3, -0.25) is 0 Å². The maximum atomic E-state index is 5.58. The molecular formula is C7H7Cl3Ti. The quantitative estimate of drug-likeness (QED) is 0.490. The van der Waals surface area contributed by atoms with E-state index < -0.39 is 3.79 Å². The minimum atomic E-state index is -1.12. The molecule has 0 saturated carbocycles. The second-order valence-electron chi connectivity index (χ2n) is 2.25. The fraction of sp³-hybridized carbons (Fsp3) is 0.429. The van der Waals surface area contributed by atoms with E-state index in [4.69, 9.17) is 34.8 Å². The van der Waals surface area contributed by atoms with Crippen LogP contribution in [0.25, 0.3) is 0 Å². The summed E-state index contributed by atoms with van der Waals surface area (Å²) in [5, 5.41) is 0. The number of alkyl halides is 3. The summed E-state index contributed by atoms with van der Waals surface area (Å²) in [5.41, 5.74) is 0. The molecule has 0 saturated heterocycles. The van der Waals surface area contributed by atoms with Crippen molar-refractivity contribution in [1.82, 2.24) is 0 Å². The Bertz CT molecular complexity index is 157. The zero-order valence-electron chi connectivity index (χ0n) is 5.73. The summed E-state index contributed by atoms with van der Waals surface area (Å²) in [6.07, 6.45) is 8.51. The molecule has 1 rings (SSSR count). The minimum absolute atomic E-state index is 0. The van der Waals surface area contributed by atoms with Crippen molar-refractivity contribution in [3.05, 3.63) is 24.3 Å². The fourth-order valence-corrected chi connectivity index (χ4v) is 1.42. The summed E-state index contributed by atoms with van der Waals surface area (Å²) in [6.45, 7) is 0. The van der Waals surface area contributed by atoms with E-state index in [1.807, 2.05) is 24.3 Å². The molecular weight excluding hydrogens is 238 g/mol. The summed E-state index contributed by atoms with van der Waals surface area (Å²) in [4.78, 5) is 0. The van der Waals surface area contributed by atoms with Crippen molar-refractivity contribution in [1.29, 1.82) is 0 Å². The Morgan fingerprint density at radius 1 is 1.09 bits per heavy atom. The van der Waals surface area contributed by atoms with Gasteiger partial charge in [0.1, 0.15) is 0 Å². The summed E-state index contributed by atoms with van der Waals surface area (Å²) >= 11 is 16.7. The molecule has 0 N–H and O–H groups in total. The molecule has 0 aromatic rings. The summed E-state index contributed by atoms with van der Waals surface area (Å²) in [5.74, 6) is 0.299. The van der Waals surface area contributed by atoms with Crippen LogP contribution >= 0.6 is 34.8 Å². The van der Waals surface area contributed by atoms with Gasteiger partial charge in [-0.1, -0.05) is 59.1 Å². The van der Waals surface area contributed by atoms with Crippen LogP contribution in [0.15, 0.2) is 24.3 Å². The largest absolute Gasteiger partial charge is 0.191 e. The van der Waals surface area contributed by atoms with Gasteiger partial charge in [0.05, 0.1) is 0 Å². The molecule has 0 atom stereocenters. The van der Waals surface area contributed by atoms with E-state index in [9.17, 15) is 0 Å². The Kier molecular flexibility index (Phi) is 5.42. The predicted octanol–water partition coefficient (Wildman–Crippen LogP) is 3.49. The van der Waals surface area contributed by atoms with Crippen molar-refractivity contribution in [3.63, 3.8) is 0 Å². The third-order valence-electron chi connectivity index (χ3n) is 1.29. The molecule has 0 fully saturated rings. The molecule has 0 unspecified atom stereocenters. The summed E-state index contributed by atoms with van der Waals surface area (Å²) in [7, 11) is 0. The standard InChI is InChI=1S/C7H7Cl3.Ti/c8-7(9,10)5-6-3-1-2-4-6;/h1-4,6H,5H2;. The first-order valence-corrected chi connectivity index (χ1v) is 4.13. The molecule has 0 aliphatic heterocycles. The summed E-state index contributed by atoms with van der Waals surface area (Å²) < 4.78 is -1.12. The molecule has 0 heterocycles. The Labute approximate surface area is 96.5 Å². The monoisotopic (exact) mass is 244 g/mol. The Morgan fingerprint density at radius 3 is 1.91 bits per heavy atom. The van der Waals surface area contributed by atoms with Crippen LogP contribution in [0.1, 0.15) is 6.42 Å². The zero-order valence-corrected chi connectivity index (χ0v) is 9.56. The Balaban J connectivity index is 0.000001000. The summed E-state index contributed by atoms with van der Waals surface area (Å²) in [6, 6.07) is 0. The predicted molar refractivity (Wildman–Crippen MR) is 46.7 cm³/mol.